The Morgan fingerprint density at radius 2 is 0.569 bits per heavy atom. The molecule has 0 bridgehead atoms. The van der Waals surface area contributed by atoms with Gasteiger partial charge in [-0.1, -0.05) is 0 Å². The average Bonchev–Trinajstić information content (AvgIpc) is 3.17. The fraction of sp³-hybridized carbons (Fsp3) is 1.00. The molecular formula is C42H96CaCdN6Sr. The van der Waals surface area contributed by atoms with Gasteiger partial charge in [0.05, 0.1) is 0 Å². The second kappa shape index (κ2) is 49.6. The molecule has 0 atom stereocenters. The Labute approximate surface area is 378 Å². The molecule has 0 fully saturated rings. The monoisotopic (exact) mass is 927 g/mol. The molecule has 0 amide bonds. The topological polar surface area (TPSA) is 19.4 Å². The van der Waals surface area contributed by atoms with Crippen LogP contribution in [0.25, 0.3) is 0 Å². The third kappa shape index (κ3) is 42.8. The third-order valence-electron chi connectivity index (χ3n) is 11.2. The summed E-state index contributed by atoms with van der Waals surface area (Å²) in [6, 6.07) is 0. The molecule has 51 heavy (non-hydrogen) atoms. The van der Waals surface area contributed by atoms with Crippen molar-refractivity contribution in [2.75, 3.05) is 118 Å². The maximum absolute atomic E-state index is 2.56. The van der Waals surface area contributed by atoms with Gasteiger partial charge in [0.1, 0.15) is 0 Å². The summed E-state index contributed by atoms with van der Waals surface area (Å²) in [5.74, 6) is 0. The molecule has 9 heteroatoms. The van der Waals surface area contributed by atoms with Gasteiger partial charge in [-0.05, 0) is 0 Å². The number of hydrogen-bond acceptors (Lipinski definition) is 6. The molecule has 0 N–H and O–H groups in total. The van der Waals surface area contributed by atoms with Gasteiger partial charge in [-0.3, -0.25) is 0 Å². The molecule has 0 unspecified atom stereocenters. The first kappa shape index (κ1) is 58.7. The summed E-state index contributed by atoms with van der Waals surface area (Å²) >= 11 is -0.894. The Hall–Kier alpha value is 3.42. The number of rotatable bonds is 36. The van der Waals surface area contributed by atoms with Crippen molar-refractivity contribution < 1.29 is 24.2 Å². The van der Waals surface area contributed by atoms with Crippen LogP contribution < -0.4 is 0 Å². The van der Waals surface area contributed by atoms with E-state index in [4.69, 9.17) is 0 Å². The van der Waals surface area contributed by atoms with E-state index in [1.165, 1.54) is 156 Å². The van der Waals surface area contributed by atoms with E-state index in [2.05, 4.69) is 112 Å². The molecular weight excluding hydrogens is 829 g/mol. The van der Waals surface area contributed by atoms with E-state index in [0.717, 1.165) is 0 Å². The Bertz CT molecular complexity index is 473. The Morgan fingerprint density at radius 3 is 0.824 bits per heavy atom. The van der Waals surface area contributed by atoms with Crippen molar-refractivity contribution in [1.29, 1.82) is 0 Å². The van der Waals surface area contributed by atoms with Gasteiger partial charge in [-0.2, -0.15) is 0 Å². The first-order valence-electron chi connectivity index (χ1n) is 23.2. The minimum atomic E-state index is -0.362. The molecule has 0 aromatic rings. The summed E-state index contributed by atoms with van der Waals surface area (Å²) in [5.41, 5.74) is 0. The standard InChI is InChI=1S/6C7H16N.Ca.Cd.Sr/c6*1-4-7-8(5-2)6-3;;;/h6*1,4-7H2,2-3H3;;;. The molecule has 0 aromatic heterocycles. The van der Waals surface area contributed by atoms with Crippen molar-refractivity contribution >= 4 is 74.9 Å². The predicted molar refractivity (Wildman–Crippen MR) is 235 cm³/mol. The summed E-state index contributed by atoms with van der Waals surface area (Å²) in [7, 11) is 0. The van der Waals surface area contributed by atoms with Gasteiger partial charge in [0.25, 0.3) is 0 Å². The van der Waals surface area contributed by atoms with Gasteiger partial charge >= 0.3 is 384 Å². The zero-order valence-corrected chi connectivity index (χ0v) is 47.7. The second-order valence-corrected chi connectivity index (χ2v) is 29.0. The first-order chi connectivity index (χ1) is 24.8. The SMILES string of the molecule is CCN(CC)CC[CH2][Ca][CH2]CCN(CC)CC.CCN(CC)CC[CH2][Cd][CH2]CCN(CC)CC.CCN(CC)CC[CH2][Sr][CH2]CCN(CC)CC. The van der Waals surface area contributed by atoms with Crippen molar-refractivity contribution in [3.8, 4) is 0 Å². The van der Waals surface area contributed by atoms with E-state index >= 15 is 0 Å². The van der Waals surface area contributed by atoms with Crippen molar-refractivity contribution in [1.82, 2.24) is 29.4 Å². The fourth-order valence-electron chi connectivity index (χ4n) is 6.84. The molecule has 6 nitrogen and oxygen atoms in total. The zero-order chi connectivity index (χ0) is 38.8. The van der Waals surface area contributed by atoms with Crippen LogP contribution in [0.1, 0.15) is 122 Å². The number of nitrogens with zero attached hydrogens (tertiary/aromatic N) is 6. The molecule has 0 rings (SSSR count). The van der Waals surface area contributed by atoms with Crippen LogP contribution in [0.5, 0.6) is 0 Å². The molecule has 0 heterocycles. The van der Waals surface area contributed by atoms with Gasteiger partial charge in [-0.15, -0.1) is 0 Å². The summed E-state index contributed by atoms with van der Waals surface area (Å²) in [6.07, 6.45) is 8.83. The second-order valence-electron chi connectivity index (χ2n) is 14.5. The molecule has 0 saturated carbocycles. The van der Waals surface area contributed by atoms with Crippen LogP contribution in [0.2, 0.25) is 15.8 Å². The van der Waals surface area contributed by atoms with Crippen molar-refractivity contribution in [2.24, 2.45) is 0 Å². The Kier molecular flexibility index (Phi) is 57.1. The summed E-state index contributed by atoms with van der Waals surface area (Å²) < 4.78 is 9.68. The van der Waals surface area contributed by atoms with Crippen molar-refractivity contribution in [3.63, 3.8) is 0 Å². The Morgan fingerprint density at radius 1 is 0.333 bits per heavy atom. The molecule has 0 radical (unpaired) electrons. The van der Waals surface area contributed by atoms with Crippen molar-refractivity contribution in [3.05, 3.63) is 0 Å². The van der Waals surface area contributed by atoms with Crippen LogP contribution in [-0.4, -0.2) is 222 Å². The quantitative estimate of drug-likeness (QED) is 0.0458. The maximum atomic E-state index is 2.56. The van der Waals surface area contributed by atoms with E-state index < -0.39 is 0 Å². The molecule has 300 valence electrons. The van der Waals surface area contributed by atoms with Crippen LogP contribution in [0.3, 0.4) is 0 Å². The molecule has 0 aliphatic heterocycles. The van der Waals surface area contributed by atoms with Crippen molar-refractivity contribution in [2.45, 2.75) is 137 Å². The van der Waals surface area contributed by atoms with Crippen LogP contribution in [0.15, 0.2) is 0 Å². The number of hydrogen-bond donors (Lipinski definition) is 0. The summed E-state index contributed by atoms with van der Waals surface area (Å²) in [4.78, 5) is 15.3. The summed E-state index contributed by atoms with van der Waals surface area (Å²) in [6.45, 7) is 50.1. The minimum absolute atomic E-state index is 0.171. The first-order valence-corrected chi connectivity index (χ1v) is 36.9. The fourth-order valence-corrected chi connectivity index (χ4v) is 17.2. The van der Waals surface area contributed by atoms with Gasteiger partial charge in [0.2, 0.25) is 0 Å². The van der Waals surface area contributed by atoms with Gasteiger partial charge in [-0.25, -0.2) is 0 Å². The van der Waals surface area contributed by atoms with E-state index in [1.54, 1.807) is 15.8 Å². The van der Waals surface area contributed by atoms with E-state index in [1.807, 2.05) is 0 Å². The molecule has 0 aliphatic rings. The van der Waals surface area contributed by atoms with E-state index in [-0.39, 0.29) is 99.1 Å². The normalized spacial score (nSPS) is 11.2. The molecule has 0 aliphatic carbocycles. The predicted octanol–water partition coefficient (Wildman–Crippen LogP) is 9.35. The van der Waals surface area contributed by atoms with Crippen LogP contribution in [0, 0.1) is 0 Å². The third-order valence-corrected chi connectivity index (χ3v) is 25.0. The molecule has 0 saturated heterocycles. The van der Waals surface area contributed by atoms with E-state index in [0.29, 0.717) is 0 Å². The molecule has 0 aromatic carbocycles. The molecule has 0 spiro atoms. The van der Waals surface area contributed by atoms with Gasteiger partial charge < -0.3 is 0 Å². The average molecular weight is 925 g/mol. The Balaban J connectivity index is -0.000000678. The van der Waals surface area contributed by atoms with E-state index in [9.17, 15) is 0 Å². The van der Waals surface area contributed by atoms with Gasteiger partial charge in [0.15, 0.2) is 0 Å². The van der Waals surface area contributed by atoms with Crippen LogP contribution in [-0.2, 0) is 24.2 Å². The summed E-state index contributed by atoms with van der Waals surface area (Å²) in [5, 5.41) is 0. The van der Waals surface area contributed by atoms with Gasteiger partial charge in [0, 0.05) is 0 Å². The van der Waals surface area contributed by atoms with Crippen LogP contribution in [0.4, 0.5) is 0 Å². The zero-order valence-electron chi connectivity index (χ0n) is 38.0. The van der Waals surface area contributed by atoms with Crippen LogP contribution >= 0.6 is 0 Å².